The van der Waals surface area contributed by atoms with Gasteiger partial charge in [-0.25, -0.2) is 0 Å². The molecule has 130 valence electrons. The van der Waals surface area contributed by atoms with Crippen LogP contribution in [0.5, 0.6) is 0 Å². The van der Waals surface area contributed by atoms with Crippen molar-refractivity contribution in [1.29, 1.82) is 0 Å². The highest BCUT2D eigenvalue weighted by Crippen LogP contribution is 2.29. The van der Waals surface area contributed by atoms with E-state index in [1.807, 2.05) is 6.20 Å². The Hall–Kier alpha value is -0.740. The predicted octanol–water partition coefficient (Wildman–Crippen LogP) is 4.54. The number of hydrogen-bond donors (Lipinski definition) is 2. The van der Waals surface area contributed by atoms with Crippen LogP contribution < -0.4 is 5.32 Å². The molecule has 1 aliphatic rings. The van der Waals surface area contributed by atoms with E-state index in [4.69, 9.17) is 0 Å². The van der Waals surface area contributed by atoms with E-state index in [0.717, 1.165) is 13.1 Å². The lowest BCUT2D eigenvalue weighted by Gasteiger charge is -2.35. The minimum atomic E-state index is 0. The first-order valence-corrected chi connectivity index (χ1v) is 8.40. The van der Waals surface area contributed by atoms with Crippen LogP contribution in [0.4, 0.5) is 0 Å². The largest absolute Gasteiger partial charge is 0.361 e. The van der Waals surface area contributed by atoms with E-state index < -0.39 is 0 Å². The molecule has 0 bridgehead atoms. The van der Waals surface area contributed by atoms with E-state index in [2.05, 4.69) is 46.4 Å². The van der Waals surface area contributed by atoms with Gasteiger partial charge in [0.2, 0.25) is 0 Å². The molecule has 3 nitrogen and oxygen atoms in total. The molecule has 0 radical (unpaired) electrons. The Labute approximate surface area is 152 Å². The summed E-state index contributed by atoms with van der Waals surface area (Å²) in [6, 6.07) is 9.69. The third kappa shape index (κ3) is 5.12. The van der Waals surface area contributed by atoms with Crippen LogP contribution in [0.25, 0.3) is 10.9 Å². The number of aromatic amines is 1. The van der Waals surface area contributed by atoms with Crippen molar-refractivity contribution < 1.29 is 0 Å². The Morgan fingerprint density at radius 3 is 2.61 bits per heavy atom. The maximum absolute atomic E-state index is 3.47. The quantitative estimate of drug-likeness (QED) is 0.743. The van der Waals surface area contributed by atoms with Gasteiger partial charge in [-0.3, -0.25) is 4.90 Å². The van der Waals surface area contributed by atoms with Gasteiger partial charge >= 0.3 is 0 Å². The molecule has 0 aliphatic carbocycles. The van der Waals surface area contributed by atoms with Crippen LogP contribution in [0.2, 0.25) is 0 Å². The molecule has 0 amide bonds. The number of fused-ring (bicyclic) bond motifs is 1. The normalized spacial score (nSPS) is 16.6. The number of nitrogens with one attached hydrogen (secondary N) is 2. The molecule has 0 unspecified atom stereocenters. The van der Waals surface area contributed by atoms with Crippen molar-refractivity contribution in [1.82, 2.24) is 15.2 Å². The van der Waals surface area contributed by atoms with Crippen molar-refractivity contribution in [2.75, 3.05) is 26.2 Å². The molecule has 5 heteroatoms. The molecular weight excluding hydrogens is 329 g/mol. The number of hydrogen-bond acceptors (Lipinski definition) is 2. The maximum atomic E-state index is 3.47. The number of rotatable bonds is 6. The first kappa shape index (κ1) is 20.3. The minimum absolute atomic E-state index is 0. The summed E-state index contributed by atoms with van der Waals surface area (Å²) in [4.78, 5) is 5.96. The number of halogens is 2. The van der Waals surface area contributed by atoms with Gasteiger partial charge in [0.05, 0.1) is 0 Å². The highest BCUT2D eigenvalue weighted by atomic mass is 35.5. The molecule has 2 heterocycles. The second kappa shape index (κ2) is 10.2. The third-order valence-electron chi connectivity index (χ3n) is 4.64. The molecule has 1 aromatic carbocycles. The monoisotopic (exact) mass is 357 g/mol. The van der Waals surface area contributed by atoms with Crippen LogP contribution in [0.15, 0.2) is 30.5 Å². The summed E-state index contributed by atoms with van der Waals surface area (Å²) in [6.45, 7) is 6.86. The van der Waals surface area contributed by atoms with Crippen molar-refractivity contribution in [2.24, 2.45) is 0 Å². The van der Waals surface area contributed by atoms with Crippen molar-refractivity contribution in [2.45, 2.75) is 38.6 Å². The van der Waals surface area contributed by atoms with E-state index in [9.17, 15) is 0 Å². The van der Waals surface area contributed by atoms with Crippen LogP contribution in [0.3, 0.4) is 0 Å². The third-order valence-corrected chi connectivity index (χ3v) is 4.64. The lowest BCUT2D eigenvalue weighted by atomic mass is 9.97. The molecule has 0 spiro atoms. The summed E-state index contributed by atoms with van der Waals surface area (Å²) in [5.41, 5.74) is 2.73. The molecule has 1 atom stereocenters. The molecule has 1 saturated heterocycles. The topological polar surface area (TPSA) is 31.1 Å². The Balaban J connectivity index is 0.00000132. The summed E-state index contributed by atoms with van der Waals surface area (Å²) in [7, 11) is 0. The van der Waals surface area contributed by atoms with E-state index in [-0.39, 0.29) is 24.8 Å². The summed E-state index contributed by atoms with van der Waals surface area (Å²) in [6.07, 6.45) is 7.28. The van der Waals surface area contributed by atoms with Gasteiger partial charge in [0, 0.05) is 43.9 Å². The van der Waals surface area contributed by atoms with E-state index in [0.29, 0.717) is 6.04 Å². The highest BCUT2D eigenvalue weighted by Gasteiger charge is 2.21. The Morgan fingerprint density at radius 1 is 1.09 bits per heavy atom. The Morgan fingerprint density at radius 2 is 1.87 bits per heavy atom. The standard InChI is InChI=1S/C18H27N3.2ClH/c1-2-3-4-5-18(21-12-10-19-11-13-21)16-6-7-17-15(14-16)8-9-20-17;;/h6-9,14,18-20H,2-5,10-13H2,1H3;2*1H/t18-;;/m1../s1. The summed E-state index contributed by atoms with van der Waals surface area (Å²) in [5, 5.41) is 4.80. The number of aromatic nitrogens is 1. The SMILES string of the molecule is CCCCC[C@H](c1ccc2[nH]ccc2c1)N1CCNCC1.Cl.Cl. The Bertz CT molecular complexity index is 564. The van der Waals surface area contributed by atoms with Crippen molar-refractivity contribution >= 4 is 35.7 Å². The molecular formula is C18H29Cl2N3. The number of unbranched alkanes of at least 4 members (excludes halogenated alkanes) is 2. The molecule has 1 aliphatic heterocycles. The zero-order valence-corrected chi connectivity index (χ0v) is 15.5. The zero-order valence-electron chi connectivity index (χ0n) is 13.9. The summed E-state index contributed by atoms with van der Waals surface area (Å²) < 4.78 is 0. The fourth-order valence-electron chi connectivity index (χ4n) is 3.42. The minimum Gasteiger partial charge on any atom is -0.361 e. The van der Waals surface area contributed by atoms with Gasteiger partial charge in [0.25, 0.3) is 0 Å². The van der Waals surface area contributed by atoms with Gasteiger partial charge in [0.1, 0.15) is 0 Å². The van der Waals surface area contributed by atoms with Crippen molar-refractivity contribution in [3.05, 3.63) is 36.0 Å². The van der Waals surface area contributed by atoms with E-state index >= 15 is 0 Å². The zero-order chi connectivity index (χ0) is 14.5. The maximum Gasteiger partial charge on any atom is 0.0454 e. The first-order valence-electron chi connectivity index (χ1n) is 8.40. The second-order valence-electron chi connectivity index (χ2n) is 6.12. The fraction of sp³-hybridized carbons (Fsp3) is 0.556. The van der Waals surface area contributed by atoms with E-state index in [1.54, 1.807) is 0 Å². The first-order chi connectivity index (χ1) is 10.4. The van der Waals surface area contributed by atoms with Crippen LogP contribution in [0, 0.1) is 0 Å². The molecule has 1 aromatic heterocycles. The van der Waals surface area contributed by atoms with E-state index in [1.165, 1.54) is 55.2 Å². The lowest BCUT2D eigenvalue weighted by Crippen LogP contribution is -2.45. The molecule has 2 N–H and O–H groups in total. The number of H-pyrrole nitrogens is 1. The number of benzene rings is 1. The fourth-order valence-corrected chi connectivity index (χ4v) is 3.42. The van der Waals surface area contributed by atoms with Crippen LogP contribution in [0.1, 0.15) is 44.2 Å². The molecule has 23 heavy (non-hydrogen) atoms. The van der Waals surface area contributed by atoms with Crippen molar-refractivity contribution in [3.63, 3.8) is 0 Å². The summed E-state index contributed by atoms with van der Waals surface area (Å²) >= 11 is 0. The second-order valence-corrected chi connectivity index (χ2v) is 6.12. The average molecular weight is 358 g/mol. The lowest BCUT2D eigenvalue weighted by molar-refractivity contribution is 0.163. The van der Waals surface area contributed by atoms with Crippen molar-refractivity contribution in [3.8, 4) is 0 Å². The summed E-state index contributed by atoms with van der Waals surface area (Å²) in [5.74, 6) is 0. The van der Waals surface area contributed by atoms with Crippen LogP contribution in [-0.2, 0) is 0 Å². The van der Waals surface area contributed by atoms with Gasteiger partial charge in [0.15, 0.2) is 0 Å². The van der Waals surface area contributed by atoms with Gasteiger partial charge in [-0.05, 0) is 35.6 Å². The molecule has 3 rings (SSSR count). The molecule has 0 saturated carbocycles. The number of piperazine rings is 1. The van der Waals surface area contributed by atoms with Crippen LogP contribution >= 0.6 is 24.8 Å². The van der Waals surface area contributed by atoms with Gasteiger partial charge in [-0.15, -0.1) is 24.8 Å². The predicted molar refractivity (Wildman–Crippen MR) is 104 cm³/mol. The van der Waals surface area contributed by atoms with Gasteiger partial charge in [-0.1, -0.05) is 32.3 Å². The smallest absolute Gasteiger partial charge is 0.0454 e. The average Bonchev–Trinajstić information content (AvgIpc) is 3.00. The van der Waals surface area contributed by atoms with Gasteiger partial charge < -0.3 is 10.3 Å². The molecule has 2 aromatic rings. The molecule has 1 fully saturated rings. The van der Waals surface area contributed by atoms with Gasteiger partial charge in [-0.2, -0.15) is 0 Å². The number of nitrogens with zero attached hydrogens (tertiary/aromatic N) is 1. The highest BCUT2D eigenvalue weighted by molar-refractivity contribution is 5.85. The van der Waals surface area contributed by atoms with Crippen LogP contribution in [-0.4, -0.2) is 36.1 Å². The Kier molecular flexibility index (Phi) is 9.00.